The molecule has 15 nitrogen and oxygen atoms in total. The minimum Gasteiger partial charge on any atom is -0.480 e. The molecule has 1 saturated carbocycles. The molecule has 16 heteroatoms. The molecule has 2 aliphatic heterocycles. The monoisotopic (exact) mass is 950 g/mol. The first-order chi connectivity index (χ1) is 32.9. The van der Waals surface area contributed by atoms with Crippen molar-refractivity contribution in [3.05, 3.63) is 88.0 Å². The Kier molecular flexibility index (Phi) is 16.1. The fraction of sp³-hybridized carbons (Fsp3) is 0.577. The molecule has 8 rings (SSSR count). The van der Waals surface area contributed by atoms with Crippen molar-refractivity contribution in [3.63, 3.8) is 0 Å². The quantitative estimate of drug-likeness (QED) is 0.0501. The van der Waals surface area contributed by atoms with E-state index >= 15 is 4.79 Å². The second kappa shape index (κ2) is 22.1. The SMILES string of the molecule is CNCN[C@@H](CCC(=O)N[C@@H](CS[C@H]1C2=C3[C@H](CCCCCC14CCCC4)CC(Cc1ccncc1)=C1[C@H]4NCCC[C@H]4Cc4ccccc4CC#C[C@]31C(=O)O2)C(=O)N[C@@H](O)C(=O)O)C(=O)O. The number of thioether (sulfide) groups is 1. The number of benzene rings is 1. The van der Waals surface area contributed by atoms with E-state index in [9.17, 15) is 34.5 Å². The van der Waals surface area contributed by atoms with Crippen molar-refractivity contribution in [2.75, 3.05) is 26.0 Å². The Hall–Kier alpha value is -5.05. The molecule has 2 amide bonds. The number of nitrogens with one attached hydrogen (secondary N) is 5. The first-order valence-corrected chi connectivity index (χ1v) is 25.6. The third kappa shape index (κ3) is 10.6. The molecule has 1 aromatic carbocycles. The second-order valence-corrected chi connectivity index (χ2v) is 20.7. The van der Waals surface area contributed by atoms with Crippen LogP contribution in [0, 0.1) is 34.5 Å². The highest BCUT2D eigenvalue weighted by Crippen LogP contribution is 2.62. The first-order valence-electron chi connectivity index (χ1n) is 24.6. The minimum atomic E-state index is -2.23. The Labute approximate surface area is 402 Å². The Morgan fingerprint density at radius 3 is 2.40 bits per heavy atom. The molecule has 8 atom stereocenters. The minimum absolute atomic E-state index is 0.0482. The van der Waals surface area contributed by atoms with Crippen LogP contribution in [0.15, 0.2) is 71.3 Å². The van der Waals surface area contributed by atoms with E-state index in [4.69, 9.17) is 4.74 Å². The zero-order valence-corrected chi connectivity index (χ0v) is 39.8. The Morgan fingerprint density at radius 1 is 0.912 bits per heavy atom. The van der Waals surface area contributed by atoms with E-state index in [-0.39, 0.29) is 54.5 Å². The normalized spacial score (nSPS) is 26.6. The summed E-state index contributed by atoms with van der Waals surface area (Å²) in [6.07, 6.45) is 14.2. The molecule has 0 radical (unpaired) electrons. The summed E-state index contributed by atoms with van der Waals surface area (Å²) >= 11 is 1.43. The maximum atomic E-state index is 15.7. The largest absolute Gasteiger partial charge is 0.480 e. The number of ether oxygens (including phenoxy) is 1. The molecular formula is C52H66N6O9S. The fourth-order valence-corrected chi connectivity index (χ4v) is 13.8. The van der Waals surface area contributed by atoms with Gasteiger partial charge in [0.2, 0.25) is 18.0 Å². The number of nitrogens with zero attached hydrogens (tertiary/aromatic N) is 1. The third-order valence-electron chi connectivity index (χ3n) is 15.3. The topological polar surface area (TPSA) is 228 Å². The van der Waals surface area contributed by atoms with E-state index in [1.165, 1.54) is 22.9 Å². The van der Waals surface area contributed by atoms with E-state index in [0.717, 1.165) is 112 Å². The molecule has 0 bridgehead atoms. The predicted molar refractivity (Wildman–Crippen MR) is 256 cm³/mol. The lowest BCUT2D eigenvalue weighted by atomic mass is 9.57. The highest BCUT2D eigenvalue weighted by atomic mass is 32.2. The van der Waals surface area contributed by atoms with Gasteiger partial charge in [0.1, 0.15) is 17.8 Å². The molecule has 3 heterocycles. The summed E-state index contributed by atoms with van der Waals surface area (Å²) in [6, 6.07) is 10.1. The van der Waals surface area contributed by atoms with Gasteiger partial charge < -0.3 is 41.3 Å². The number of aliphatic hydroxyl groups excluding tert-OH is 1. The van der Waals surface area contributed by atoms with Crippen LogP contribution in [0.4, 0.5) is 0 Å². The van der Waals surface area contributed by atoms with Gasteiger partial charge in [-0.25, -0.2) is 9.59 Å². The standard InChI is InChI=1S/C52H66N6O9S/c1-53-31-56-38(48(62)63)16-17-40(59)57-39(46(60)58-47(61)49(64)65)30-68-45-44-42-35(13-3-2-6-20-51(45)21-7-8-22-51)29-37(27-32-18-25-54-26-19-32)41-43-36(15-10-24-55-43)28-34-12-5-4-11-33(34)14-9-23-52(41,42)50(66)67-44/h4-5,11-12,18-19,25-26,35-36,38-39,43,45,47,53,55-56,61H,2-3,6-8,10,13-17,20-22,24,27-31H2,1H3,(H,57,59)(H,58,60)(H,62,63)(H,64,65)/t35-,36+,38+,39+,43+,45+,47+,52-/m1/s1. The van der Waals surface area contributed by atoms with Crippen LogP contribution in [0.25, 0.3) is 0 Å². The van der Waals surface area contributed by atoms with Crippen molar-refractivity contribution in [3.8, 4) is 11.8 Å². The van der Waals surface area contributed by atoms with Gasteiger partial charge in [-0.3, -0.25) is 24.7 Å². The average molecular weight is 951 g/mol. The number of carboxylic acid groups (broad SMARTS) is 2. The van der Waals surface area contributed by atoms with Crippen LogP contribution in [0.1, 0.15) is 107 Å². The first kappa shape index (κ1) is 49.4. The van der Waals surface area contributed by atoms with Crippen LogP contribution < -0.4 is 26.6 Å². The van der Waals surface area contributed by atoms with Crippen molar-refractivity contribution in [2.45, 2.75) is 139 Å². The molecule has 2 fully saturated rings. The summed E-state index contributed by atoms with van der Waals surface area (Å²) < 4.78 is 6.95. The molecule has 8 N–H and O–H groups in total. The van der Waals surface area contributed by atoms with Crippen molar-refractivity contribution >= 4 is 41.5 Å². The molecule has 0 unspecified atom stereocenters. The Bertz CT molecular complexity index is 2340. The number of carboxylic acids is 2. The van der Waals surface area contributed by atoms with Gasteiger partial charge in [0.15, 0.2) is 5.41 Å². The maximum absolute atomic E-state index is 15.7. The summed E-state index contributed by atoms with van der Waals surface area (Å²) in [7, 11) is 1.66. The number of amides is 2. The molecule has 364 valence electrons. The summed E-state index contributed by atoms with van der Waals surface area (Å²) in [5.41, 5.74) is 5.05. The van der Waals surface area contributed by atoms with Gasteiger partial charge in [0.25, 0.3) is 0 Å². The third-order valence-corrected chi connectivity index (χ3v) is 16.9. The van der Waals surface area contributed by atoms with Crippen LogP contribution in [0.5, 0.6) is 0 Å². The van der Waals surface area contributed by atoms with E-state index < -0.39 is 52.7 Å². The number of allylic oxidation sites excluding steroid dienone is 1. The molecule has 4 aliphatic carbocycles. The van der Waals surface area contributed by atoms with Crippen LogP contribution in [-0.2, 0) is 48.0 Å². The zero-order valence-electron chi connectivity index (χ0n) is 38.9. The predicted octanol–water partition coefficient (Wildman–Crippen LogP) is 4.54. The fourth-order valence-electron chi connectivity index (χ4n) is 12.1. The van der Waals surface area contributed by atoms with E-state index in [0.29, 0.717) is 18.6 Å². The Balaban J connectivity index is 1.26. The molecule has 68 heavy (non-hydrogen) atoms. The number of aliphatic hydroxyl groups is 1. The average Bonchev–Trinajstić information content (AvgIpc) is 3.92. The van der Waals surface area contributed by atoms with Gasteiger partial charge in [-0.2, -0.15) is 0 Å². The smallest absolute Gasteiger partial charge is 0.353 e. The van der Waals surface area contributed by atoms with Gasteiger partial charge in [0, 0.05) is 49.3 Å². The summed E-state index contributed by atoms with van der Waals surface area (Å²) in [5.74, 6) is 3.33. The number of hydrogen-bond acceptors (Lipinski definition) is 12. The number of hydrogen-bond donors (Lipinski definition) is 8. The van der Waals surface area contributed by atoms with Crippen LogP contribution in [-0.4, -0.2) is 106 Å². The van der Waals surface area contributed by atoms with Crippen molar-refractivity contribution in [2.24, 2.45) is 22.7 Å². The number of fused-ring (bicyclic) bond motifs is 3. The molecule has 1 aromatic heterocycles. The van der Waals surface area contributed by atoms with Crippen LogP contribution in [0.2, 0.25) is 0 Å². The maximum Gasteiger partial charge on any atom is 0.353 e. The van der Waals surface area contributed by atoms with Gasteiger partial charge in [-0.1, -0.05) is 73.8 Å². The number of piperidine rings is 1. The second-order valence-electron chi connectivity index (χ2n) is 19.6. The number of esters is 1. The lowest BCUT2D eigenvalue weighted by molar-refractivity contribution is -0.151. The molecule has 2 aromatic rings. The van der Waals surface area contributed by atoms with Crippen molar-refractivity contribution in [1.82, 2.24) is 31.6 Å². The number of carbonyl (C=O) groups is 5. The van der Waals surface area contributed by atoms with Gasteiger partial charge >= 0.3 is 17.9 Å². The van der Waals surface area contributed by atoms with E-state index in [1.807, 2.05) is 24.5 Å². The van der Waals surface area contributed by atoms with Gasteiger partial charge in [-0.05, 0) is 129 Å². The van der Waals surface area contributed by atoms with Crippen LogP contribution in [0.3, 0.4) is 0 Å². The van der Waals surface area contributed by atoms with E-state index in [2.05, 4.69) is 67.7 Å². The van der Waals surface area contributed by atoms with Crippen LogP contribution >= 0.6 is 11.8 Å². The molecular weight excluding hydrogens is 885 g/mol. The number of carbonyl (C=O) groups excluding carboxylic acids is 3. The number of aliphatic carboxylic acids is 2. The summed E-state index contributed by atoms with van der Waals surface area (Å²) in [5, 5.41) is 43.6. The lowest BCUT2D eigenvalue weighted by Gasteiger charge is -2.46. The number of pyridine rings is 1. The molecule has 1 saturated heterocycles. The van der Waals surface area contributed by atoms with Gasteiger partial charge in [-0.15, -0.1) is 11.8 Å². The van der Waals surface area contributed by atoms with E-state index in [1.54, 1.807) is 7.05 Å². The molecule has 2 spiro atoms. The number of aromatic nitrogens is 1. The highest BCUT2D eigenvalue weighted by molar-refractivity contribution is 8.00. The van der Waals surface area contributed by atoms with Gasteiger partial charge in [0.05, 0.1) is 5.25 Å². The zero-order chi connectivity index (χ0) is 47.8. The summed E-state index contributed by atoms with van der Waals surface area (Å²) in [6.45, 7) is 1.00. The molecule has 6 aliphatic rings. The van der Waals surface area contributed by atoms with Crippen molar-refractivity contribution < 1.29 is 44.0 Å². The lowest BCUT2D eigenvalue weighted by Crippen LogP contribution is -2.53. The van der Waals surface area contributed by atoms with Crippen molar-refractivity contribution in [1.29, 1.82) is 0 Å². The Morgan fingerprint density at radius 2 is 1.66 bits per heavy atom. The highest BCUT2D eigenvalue weighted by Gasteiger charge is 2.62. The summed E-state index contributed by atoms with van der Waals surface area (Å²) in [4.78, 5) is 71.3. The number of rotatable bonds is 16.